The van der Waals surface area contributed by atoms with Gasteiger partial charge in [-0.25, -0.2) is 0 Å². The van der Waals surface area contributed by atoms with Crippen molar-refractivity contribution in [2.45, 2.75) is 25.9 Å². The van der Waals surface area contributed by atoms with Crippen molar-refractivity contribution in [3.05, 3.63) is 28.8 Å². The summed E-state index contributed by atoms with van der Waals surface area (Å²) in [6.07, 6.45) is 2.67. The molecule has 1 atom stereocenters. The van der Waals surface area contributed by atoms with Gasteiger partial charge in [0.15, 0.2) is 0 Å². The van der Waals surface area contributed by atoms with Gasteiger partial charge in [-0.3, -0.25) is 0 Å². The molecule has 0 saturated carbocycles. The van der Waals surface area contributed by atoms with E-state index in [-0.39, 0.29) is 0 Å². The SMILES string of the molecule is Cc1ccc(Cl)c(NCC2CCCO2)c1. The van der Waals surface area contributed by atoms with Crippen molar-refractivity contribution in [2.75, 3.05) is 18.5 Å². The number of anilines is 1. The minimum absolute atomic E-state index is 0.349. The summed E-state index contributed by atoms with van der Waals surface area (Å²) in [6, 6.07) is 6.01. The lowest BCUT2D eigenvalue weighted by molar-refractivity contribution is 0.120. The average Bonchev–Trinajstić information content (AvgIpc) is 2.72. The van der Waals surface area contributed by atoms with Crippen LogP contribution in [0.1, 0.15) is 18.4 Å². The number of ether oxygens (including phenoxy) is 1. The molecule has 1 aliphatic rings. The van der Waals surface area contributed by atoms with Gasteiger partial charge in [-0.1, -0.05) is 17.7 Å². The van der Waals surface area contributed by atoms with Crippen LogP contribution in [0.25, 0.3) is 0 Å². The van der Waals surface area contributed by atoms with Gasteiger partial charge in [0.1, 0.15) is 0 Å². The smallest absolute Gasteiger partial charge is 0.0748 e. The van der Waals surface area contributed by atoms with E-state index in [0.29, 0.717) is 6.10 Å². The van der Waals surface area contributed by atoms with Crippen LogP contribution in [0.4, 0.5) is 5.69 Å². The van der Waals surface area contributed by atoms with Crippen molar-refractivity contribution in [3.63, 3.8) is 0 Å². The molecule has 15 heavy (non-hydrogen) atoms. The summed E-state index contributed by atoms with van der Waals surface area (Å²) in [5, 5.41) is 4.12. The fraction of sp³-hybridized carbons (Fsp3) is 0.500. The number of hydrogen-bond acceptors (Lipinski definition) is 2. The molecule has 1 aromatic carbocycles. The zero-order valence-electron chi connectivity index (χ0n) is 8.92. The molecule has 1 aromatic rings. The number of rotatable bonds is 3. The molecule has 0 spiro atoms. The van der Waals surface area contributed by atoms with E-state index < -0.39 is 0 Å². The summed E-state index contributed by atoms with van der Waals surface area (Å²) in [4.78, 5) is 0. The summed E-state index contributed by atoms with van der Waals surface area (Å²) in [5.74, 6) is 0. The van der Waals surface area contributed by atoms with Crippen LogP contribution < -0.4 is 5.32 Å². The maximum atomic E-state index is 6.08. The highest BCUT2D eigenvalue weighted by atomic mass is 35.5. The molecule has 0 radical (unpaired) electrons. The van der Waals surface area contributed by atoms with Gasteiger partial charge < -0.3 is 10.1 Å². The van der Waals surface area contributed by atoms with E-state index >= 15 is 0 Å². The van der Waals surface area contributed by atoms with Crippen molar-refractivity contribution >= 4 is 17.3 Å². The summed E-state index contributed by atoms with van der Waals surface area (Å²) in [5.41, 5.74) is 2.22. The molecule has 0 aliphatic carbocycles. The second-order valence-electron chi connectivity index (χ2n) is 4.00. The molecular weight excluding hydrogens is 210 g/mol. The molecule has 82 valence electrons. The second kappa shape index (κ2) is 4.86. The highest BCUT2D eigenvalue weighted by Crippen LogP contribution is 2.23. The van der Waals surface area contributed by atoms with Crippen LogP contribution in [-0.2, 0) is 4.74 Å². The van der Waals surface area contributed by atoms with Crippen LogP contribution in [0.2, 0.25) is 5.02 Å². The number of hydrogen-bond donors (Lipinski definition) is 1. The monoisotopic (exact) mass is 225 g/mol. The summed E-state index contributed by atoms with van der Waals surface area (Å²) in [7, 11) is 0. The highest BCUT2D eigenvalue weighted by Gasteiger charge is 2.15. The van der Waals surface area contributed by atoms with Crippen LogP contribution in [0.5, 0.6) is 0 Å². The first-order chi connectivity index (χ1) is 7.25. The predicted octanol–water partition coefficient (Wildman–Crippen LogP) is 3.24. The molecule has 1 heterocycles. The molecule has 1 fully saturated rings. The van der Waals surface area contributed by atoms with Crippen molar-refractivity contribution in [3.8, 4) is 0 Å². The standard InChI is InChI=1S/C12H16ClNO/c1-9-4-5-11(13)12(7-9)14-8-10-3-2-6-15-10/h4-5,7,10,14H,2-3,6,8H2,1H3. The Morgan fingerprint density at radius 1 is 1.53 bits per heavy atom. The van der Waals surface area contributed by atoms with Crippen LogP contribution in [0.15, 0.2) is 18.2 Å². The van der Waals surface area contributed by atoms with Crippen molar-refractivity contribution in [1.29, 1.82) is 0 Å². The molecule has 2 nitrogen and oxygen atoms in total. The summed E-state index contributed by atoms with van der Waals surface area (Å²) in [6.45, 7) is 3.81. The minimum Gasteiger partial charge on any atom is -0.381 e. The Kier molecular flexibility index (Phi) is 3.49. The fourth-order valence-electron chi connectivity index (χ4n) is 1.80. The van der Waals surface area contributed by atoms with Crippen molar-refractivity contribution in [2.24, 2.45) is 0 Å². The Bertz CT molecular complexity index is 334. The quantitative estimate of drug-likeness (QED) is 0.853. The lowest BCUT2D eigenvalue weighted by Crippen LogP contribution is -2.18. The Morgan fingerprint density at radius 3 is 3.13 bits per heavy atom. The predicted molar refractivity (Wildman–Crippen MR) is 63.7 cm³/mol. The van der Waals surface area contributed by atoms with E-state index in [1.807, 2.05) is 12.1 Å². The third-order valence-electron chi connectivity index (χ3n) is 2.67. The Morgan fingerprint density at radius 2 is 2.40 bits per heavy atom. The lowest BCUT2D eigenvalue weighted by atomic mass is 10.2. The van der Waals surface area contributed by atoms with E-state index in [1.54, 1.807) is 0 Å². The van der Waals surface area contributed by atoms with Gasteiger partial charge in [-0.05, 0) is 37.5 Å². The second-order valence-corrected chi connectivity index (χ2v) is 4.41. The van der Waals surface area contributed by atoms with E-state index in [1.165, 1.54) is 12.0 Å². The van der Waals surface area contributed by atoms with Crippen molar-refractivity contribution in [1.82, 2.24) is 0 Å². The number of aryl methyl sites for hydroxylation is 1. The van der Waals surface area contributed by atoms with Gasteiger partial charge in [0.2, 0.25) is 0 Å². The fourth-order valence-corrected chi connectivity index (χ4v) is 1.99. The molecule has 1 aliphatic heterocycles. The number of nitrogens with one attached hydrogen (secondary N) is 1. The highest BCUT2D eigenvalue weighted by molar-refractivity contribution is 6.33. The van der Waals surface area contributed by atoms with Crippen LogP contribution in [0, 0.1) is 6.92 Å². The third-order valence-corrected chi connectivity index (χ3v) is 3.00. The van der Waals surface area contributed by atoms with Crippen LogP contribution >= 0.6 is 11.6 Å². The minimum atomic E-state index is 0.349. The van der Waals surface area contributed by atoms with Crippen LogP contribution in [0.3, 0.4) is 0 Å². The van der Waals surface area contributed by atoms with Crippen LogP contribution in [-0.4, -0.2) is 19.3 Å². The molecule has 1 unspecified atom stereocenters. The Labute approximate surface area is 95.6 Å². The lowest BCUT2D eigenvalue weighted by Gasteiger charge is -2.13. The zero-order chi connectivity index (χ0) is 10.7. The molecule has 3 heteroatoms. The van der Waals surface area contributed by atoms with Gasteiger partial charge in [0, 0.05) is 13.2 Å². The van der Waals surface area contributed by atoms with Gasteiger partial charge in [0.25, 0.3) is 0 Å². The average molecular weight is 226 g/mol. The van der Waals surface area contributed by atoms with Crippen molar-refractivity contribution < 1.29 is 4.74 Å². The molecule has 0 aromatic heterocycles. The molecule has 0 amide bonds. The molecule has 1 saturated heterocycles. The van der Waals surface area contributed by atoms with Gasteiger partial charge >= 0.3 is 0 Å². The van der Waals surface area contributed by atoms with E-state index in [2.05, 4.69) is 18.3 Å². The molecule has 1 N–H and O–H groups in total. The third kappa shape index (κ3) is 2.86. The first kappa shape index (κ1) is 10.8. The number of halogens is 1. The van der Waals surface area contributed by atoms with E-state index in [0.717, 1.165) is 30.3 Å². The first-order valence-electron chi connectivity index (χ1n) is 5.37. The topological polar surface area (TPSA) is 21.3 Å². The Balaban J connectivity index is 1.94. The largest absolute Gasteiger partial charge is 0.381 e. The van der Waals surface area contributed by atoms with E-state index in [4.69, 9.17) is 16.3 Å². The zero-order valence-corrected chi connectivity index (χ0v) is 9.68. The molecule has 2 rings (SSSR count). The van der Waals surface area contributed by atoms with Gasteiger partial charge in [-0.2, -0.15) is 0 Å². The summed E-state index contributed by atoms with van der Waals surface area (Å²) < 4.78 is 5.54. The Hall–Kier alpha value is -0.730. The number of benzene rings is 1. The first-order valence-corrected chi connectivity index (χ1v) is 5.75. The molecule has 0 bridgehead atoms. The normalized spacial score (nSPS) is 20.5. The van der Waals surface area contributed by atoms with Gasteiger partial charge in [-0.15, -0.1) is 0 Å². The maximum absolute atomic E-state index is 6.08. The van der Waals surface area contributed by atoms with E-state index in [9.17, 15) is 0 Å². The summed E-state index contributed by atoms with van der Waals surface area (Å²) >= 11 is 6.08. The molecular formula is C12H16ClNO. The maximum Gasteiger partial charge on any atom is 0.0748 e. The van der Waals surface area contributed by atoms with Gasteiger partial charge in [0.05, 0.1) is 16.8 Å².